The van der Waals surface area contributed by atoms with Crippen molar-refractivity contribution in [3.8, 4) is 0 Å². The van der Waals surface area contributed by atoms with Gasteiger partial charge in [-0.05, 0) is 12.8 Å². The van der Waals surface area contributed by atoms with Crippen LogP contribution in [0.4, 0.5) is 0 Å². The molecular weight excluding hydrogens is 196 g/mol. The standard InChI is InChI=1S/C10H18N2O3/c1-8(13)11-7-10(14)12-5-3-9(15-2)4-6-12/h9H,3-7H2,1-2H3,(H,11,13). The highest BCUT2D eigenvalue weighted by atomic mass is 16.5. The van der Waals surface area contributed by atoms with E-state index < -0.39 is 0 Å². The molecule has 0 spiro atoms. The fourth-order valence-corrected chi connectivity index (χ4v) is 1.65. The summed E-state index contributed by atoms with van der Waals surface area (Å²) in [5.41, 5.74) is 0. The van der Waals surface area contributed by atoms with Crippen LogP contribution >= 0.6 is 0 Å². The second-order valence-electron chi connectivity index (χ2n) is 3.73. The average Bonchev–Trinajstić information content (AvgIpc) is 2.26. The van der Waals surface area contributed by atoms with Crippen molar-refractivity contribution in [3.05, 3.63) is 0 Å². The molecule has 0 saturated carbocycles. The molecule has 0 aromatic rings. The van der Waals surface area contributed by atoms with Gasteiger partial charge in [0.1, 0.15) is 0 Å². The van der Waals surface area contributed by atoms with Crippen molar-refractivity contribution in [1.29, 1.82) is 0 Å². The predicted molar refractivity (Wildman–Crippen MR) is 55.3 cm³/mol. The molecule has 0 bridgehead atoms. The van der Waals surface area contributed by atoms with E-state index in [4.69, 9.17) is 4.74 Å². The summed E-state index contributed by atoms with van der Waals surface area (Å²) in [6.07, 6.45) is 2.03. The fourth-order valence-electron chi connectivity index (χ4n) is 1.65. The molecule has 86 valence electrons. The number of ether oxygens (including phenoxy) is 1. The molecular formula is C10H18N2O3. The minimum absolute atomic E-state index is 0.0141. The van der Waals surface area contributed by atoms with Gasteiger partial charge < -0.3 is 15.0 Å². The lowest BCUT2D eigenvalue weighted by Crippen LogP contribution is -2.45. The average molecular weight is 214 g/mol. The molecule has 1 N–H and O–H groups in total. The lowest BCUT2D eigenvalue weighted by Gasteiger charge is -2.31. The number of nitrogens with zero attached hydrogens (tertiary/aromatic N) is 1. The summed E-state index contributed by atoms with van der Waals surface area (Å²) in [7, 11) is 1.69. The quantitative estimate of drug-likeness (QED) is 0.705. The van der Waals surface area contributed by atoms with Gasteiger partial charge in [-0.1, -0.05) is 0 Å². The molecule has 1 saturated heterocycles. The summed E-state index contributed by atoms with van der Waals surface area (Å²) in [6, 6.07) is 0. The molecule has 5 nitrogen and oxygen atoms in total. The Kier molecular flexibility index (Phi) is 4.55. The Bertz CT molecular complexity index is 235. The van der Waals surface area contributed by atoms with Crippen LogP contribution in [0.3, 0.4) is 0 Å². The Morgan fingerprint density at radius 3 is 2.47 bits per heavy atom. The van der Waals surface area contributed by atoms with Gasteiger partial charge in [0.2, 0.25) is 11.8 Å². The van der Waals surface area contributed by atoms with E-state index in [1.165, 1.54) is 6.92 Å². The smallest absolute Gasteiger partial charge is 0.241 e. The minimum Gasteiger partial charge on any atom is -0.381 e. The van der Waals surface area contributed by atoms with Crippen molar-refractivity contribution in [2.24, 2.45) is 0 Å². The third kappa shape index (κ3) is 3.87. The summed E-state index contributed by atoms with van der Waals surface area (Å²) in [6.45, 7) is 2.95. The lowest BCUT2D eigenvalue weighted by atomic mass is 10.1. The summed E-state index contributed by atoms with van der Waals surface area (Å²) in [5, 5.41) is 2.51. The van der Waals surface area contributed by atoms with E-state index in [0.29, 0.717) is 0 Å². The zero-order chi connectivity index (χ0) is 11.3. The molecule has 0 aliphatic carbocycles. The molecule has 1 rings (SSSR count). The summed E-state index contributed by atoms with van der Waals surface area (Å²) in [5.74, 6) is -0.185. The third-order valence-corrected chi connectivity index (χ3v) is 2.62. The first-order valence-corrected chi connectivity index (χ1v) is 5.18. The zero-order valence-electron chi connectivity index (χ0n) is 9.28. The monoisotopic (exact) mass is 214 g/mol. The van der Waals surface area contributed by atoms with Gasteiger partial charge in [-0.25, -0.2) is 0 Å². The van der Waals surface area contributed by atoms with Crippen LogP contribution in [0.5, 0.6) is 0 Å². The normalized spacial score (nSPS) is 17.6. The number of likely N-dealkylation sites (tertiary alicyclic amines) is 1. The number of hydrogen-bond donors (Lipinski definition) is 1. The van der Waals surface area contributed by atoms with Crippen LogP contribution in [0, 0.1) is 0 Å². The van der Waals surface area contributed by atoms with Gasteiger partial charge in [0.25, 0.3) is 0 Å². The first-order valence-electron chi connectivity index (χ1n) is 5.18. The number of methoxy groups -OCH3 is 1. The van der Waals surface area contributed by atoms with E-state index in [1.54, 1.807) is 12.0 Å². The lowest BCUT2D eigenvalue weighted by molar-refractivity contribution is -0.134. The highest BCUT2D eigenvalue weighted by Crippen LogP contribution is 2.12. The second kappa shape index (κ2) is 5.70. The Hall–Kier alpha value is -1.10. The number of nitrogens with one attached hydrogen (secondary N) is 1. The SMILES string of the molecule is COC1CCN(C(=O)CNC(C)=O)CC1. The zero-order valence-corrected chi connectivity index (χ0v) is 9.28. The Morgan fingerprint density at radius 2 is 2.00 bits per heavy atom. The number of hydrogen-bond acceptors (Lipinski definition) is 3. The maximum Gasteiger partial charge on any atom is 0.241 e. The van der Waals surface area contributed by atoms with E-state index in [9.17, 15) is 9.59 Å². The Labute approximate surface area is 89.8 Å². The molecule has 2 amide bonds. The van der Waals surface area contributed by atoms with Crippen LogP contribution in [0.25, 0.3) is 0 Å². The highest BCUT2D eigenvalue weighted by Gasteiger charge is 2.22. The van der Waals surface area contributed by atoms with Gasteiger partial charge in [0, 0.05) is 27.1 Å². The molecule has 0 radical (unpaired) electrons. The third-order valence-electron chi connectivity index (χ3n) is 2.62. The largest absolute Gasteiger partial charge is 0.381 e. The first kappa shape index (κ1) is 12.0. The second-order valence-corrected chi connectivity index (χ2v) is 3.73. The van der Waals surface area contributed by atoms with E-state index in [2.05, 4.69) is 5.32 Å². The molecule has 0 aromatic heterocycles. The van der Waals surface area contributed by atoms with Crippen LogP contribution in [0.15, 0.2) is 0 Å². The molecule has 5 heteroatoms. The molecule has 1 fully saturated rings. The molecule has 15 heavy (non-hydrogen) atoms. The van der Waals surface area contributed by atoms with Gasteiger partial charge in [-0.15, -0.1) is 0 Å². The first-order chi connectivity index (χ1) is 7.13. The van der Waals surface area contributed by atoms with Gasteiger partial charge in [-0.2, -0.15) is 0 Å². The molecule has 1 aliphatic heterocycles. The van der Waals surface area contributed by atoms with Crippen LogP contribution in [0.1, 0.15) is 19.8 Å². The maximum atomic E-state index is 11.6. The van der Waals surface area contributed by atoms with Crippen molar-refractivity contribution < 1.29 is 14.3 Å². The molecule has 1 heterocycles. The number of amides is 2. The molecule has 0 unspecified atom stereocenters. The van der Waals surface area contributed by atoms with Gasteiger partial charge in [-0.3, -0.25) is 9.59 Å². The van der Waals surface area contributed by atoms with E-state index >= 15 is 0 Å². The van der Waals surface area contributed by atoms with Gasteiger partial charge in [0.05, 0.1) is 12.6 Å². The summed E-state index contributed by atoms with van der Waals surface area (Å²) < 4.78 is 5.21. The topological polar surface area (TPSA) is 58.6 Å². The summed E-state index contributed by atoms with van der Waals surface area (Å²) >= 11 is 0. The molecule has 1 aliphatic rings. The van der Waals surface area contributed by atoms with Crippen LogP contribution in [0.2, 0.25) is 0 Å². The van der Waals surface area contributed by atoms with Crippen LogP contribution < -0.4 is 5.32 Å². The van der Waals surface area contributed by atoms with E-state index in [1.807, 2.05) is 0 Å². The van der Waals surface area contributed by atoms with E-state index in [-0.39, 0.29) is 24.5 Å². The van der Waals surface area contributed by atoms with Crippen molar-refractivity contribution in [1.82, 2.24) is 10.2 Å². The fraction of sp³-hybridized carbons (Fsp3) is 0.800. The van der Waals surface area contributed by atoms with Crippen molar-refractivity contribution in [2.75, 3.05) is 26.7 Å². The van der Waals surface area contributed by atoms with Gasteiger partial charge in [0.15, 0.2) is 0 Å². The van der Waals surface area contributed by atoms with Crippen molar-refractivity contribution in [2.45, 2.75) is 25.9 Å². The Balaban J connectivity index is 2.27. The van der Waals surface area contributed by atoms with Crippen LogP contribution in [-0.4, -0.2) is 49.6 Å². The maximum absolute atomic E-state index is 11.6. The van der Waals surface area contributed by atoms with Crippen molar-refractivity contribution in [3.63, 3.8) is 0 Å². The number of piperidine rings is 1. The Morgan fingerprint density at radius 1 is 1.40 bits per heavy atom. The predicted octanol–water partition coefficient (Wildman–Crippen LogP) is -0.240. The van der Waals surface area contributed by atoms with Gasteiger partial charge >= 0.3 is 0 Å². The highest BCUT2D eigenvalue weighted by molar-refractivity contribution is 5.83. The number of rotatable bonds is 3. The minimum atomic E-state index is -0.171. The number of carbonyl (C=O) groups excluding carboxylic acids is 2. The number of carbonyl (C=O) groups is 2. The van der Waals surface area contributed by atoms with Crippen LogP contribution in [-0.2, 0) is 14.3 Å². The molecule has 0 aromatic carbocycles. The van der Waals surface area contributed by atoms with E-state index in [0.717, 1.165) is 25.9 Å². The molecule has 0 atom stereocenters. The summed E-state index contributed by atoms with van der Waals surface area (Å²) in [4.78, 5) is 24.0. The van der Waals surface area contributed by atoms with Crippen molar-refractivity contribution >= 4 is 11.8 Å².